The Hall–Kier alpha value is -2.70. The van der Waals surface area contributed by atoms with Crippen molar-refractivity contribution in [3.05, 3.63) is 42.7 Å². The minimum absolute atomic E-state index is 0.199. The summed E-state index contributed by atoms with van der Waals surface area (Å²) in [6.07, 6.45) is 6.70. The third-order valence-corrected chi connectivity index (χ3v) is 4.81. The Kier molecular flexibility index (Phi) is 4.45. The number of hydrogen-bond acceptors (Lipinski definition) is 4. The third kappa shape index (κ3) is 3.70. The molecule has 130 valence electrons. The molecule has 1 N–H and O–H groups in total. The van der Waals surface area contributed by atoms with Crippen molar-refractivity contribution in [2.45, 2.75) is 32.2 Å². The quantitative estimate of drug-likeness (QED) is 0.772. The number of piperidine rings is 1. The molecule has 0 unspecified atom stereocenters. The number of H-pyrrole nitrogens is 1. The number of aromatic nitrogens is 5. The molecule has 0 bridgehead atoms. The summed E-state index contributed by atoms with van der Waals surface area (Å²) in [6, 6.07) is 8.09. The second-order valence-corrected chi connectivity index (χ2v) is 6.66. The van der Waals surface area contributed by atoms with Gasteiger partial charge < -0.3 is 9.88 Å². The monoisotopic (exact) mass is 338 g/mol. The maximum absolute atomic E-state index is 12.5. The average molecular weight is 338 g/mol. The Labute approximate surface area is 146 Å². The number of hydrogen-bond donors (Lipinski definition) is 1. The van der Waals surface area contributed by atoms with Crippen molar-refractivity contribution in [2.75, 3.05) is 13.1 Å². The Morgan fingerprint density at radius 1 is 1.32 bits per heavy atom. The summed E-state index contributed by atoms with van der Waals surface area (Å²) in [5, 5.41) is 4.05. The van der Waals surface area contributed by atoms with Gasteiger partial charge in [0.25, 0.3) is 0 Å². The van der Waals surface area contributed by atoms with E-state index >= 15 is 0 Å². The van der Waals surface area contributed by atoms with Crippen LogP contribution in [0.1, 0.15) is 25.1 Å². The van der Waals surface area contributed by atoms with Crippen LogP contribution in [0, 0.1) is 5.92 Å². The number of fused-ring (bicyclic) bond motifs is 1. The molecule has 1 saturated heterocycles. The minimum atomic E-state index is 0.199. The molecule has 1 aromatic carbocycles. The maximum atomic E-state index is 12.5. The molecule has 7 nitrogen and oxygen atoms in total. The second kappa shape index (κ2) is 7.04. The van der Waals surface area contributed by atoms with Crippen LogP contribution in [0.25, 0.3) is 11.0 Å². The summed E-state index contributed by atoms with van der Waals surface area (Å²) in [5.41, 5.74) is 2.09. The fourth-order valence-electron chi connectivity index (χ4n) is 3.55. The second-order valence-electron chi connectivity index (χ2n) is 6.66. The van der Waals surface area contributed by atoms with Gasteiger partial charge in [-0.05, 0) is 30.9 Å². The van der Waals surface area contributed by atoms with Gasteiger partial charge in [0, 0.05) is 25.9 Å². The summed E-state index contributed by atoms with van der Waals surface area (Å²) in [4.78, 5) is 26.4. The summed E-state index contributed by atoms with van der Waals surface area (Å²) in [5.74, 6) is 1.68. The first-order chi connectivity index (χ1) is 12.3. The van der Waals surface area contributed by atoms with Crippen molar-refractivity contribution < 1.29 is 4.79 Å². The van der Waals surface area contributed by atoms with Gasteiger partial charge in [-0.25, -0.2) is 9.97 Å². The van der Waals surface area contributed by atoms with Crippen molar-refractivity contribution >= 4 is 16.9 Å². The van der Waals surface area contributed by atoms with E-state index in [9.17, 15) is 4.79 Å². The van der Waals surface area contributed by atoms with Crippen LogP contribution in [-0.4, -0.2) is 48.6 Å². The standard InChI is InChI=1S/C18H22N6O/c25-18(7-9-24-13-19-12-20-24)23-8-3-4-14(11-23)10-17-21-15-5-1-2-6-16(15)22-17/h1-2,5-6,12-14H,3-4,7-11H2,(H,21,22)/t14-/m0/s1. The van der Waals surface area contributed by atoms with Crippen LogP contribution in [0.4, 0.5) is 0 Å². The summed E-state index contributed by atoms with van der Waals surface area (Å²) in [6.45, 7) is 2.25. The largest absolute Gasteiger partial charge is 0.342 e. The van der Waals surface area contributed by atoms with Crippen LogP contribution >= 0.6 is 0 Å². The molecule has 4 rings (SSSR count). The van der Waals surface area contributed by atoms with Gasteiger partial charge in [-0.1, -0.05) is 12.1 Å². The molecule has 0 saturated carbocycles. The normalized spacial score (nSPS) is 17.9. The van der Waals surface area contributed by atoms with E-state index < -0.39 is 0 Å². The third-order valence-electron chi connectivity index (χ3n) is 4.81. The number of aromatic amines is 1. The lowest BCUT2D eigenvalue weighted by molar-refractivity contribution is -0.133. The van der Waals surface area contributed by atoms with E-state index in [1.54, 1.807) is 11.0 Å². The molecular weight excluding hydrogens is 316 g/mol. The predicted molar refractivity (Wildman–Crippen MR) is 93.7 cm³/mol. The molecule has 3 aromatic rings. The van der Waals surface area contributed by atoms with Crippen molar-refractivity contribution in [3.8, 4) is 0 Å². The van der Waals surface area contributed by atoms with Crippen LogP contribution in [0.15, 0.2) is 36.9 Å². The topological polar surface area (TPSA) is 79.7 Å². The molecule has 7 heteroatoms. The van der Waals surface area contributed by atoms with E-state index in [1.165, 1.54) is 6.33 Å². The Bertz CT molecular complexity index is 807. The molecule has 0 radical (unpaired) electrons. The number of aryl methyl sites for hydroxylation is 1. The zero-order chi connectivity index (χ0) is 17.1. The summed E-state index contributed by atoms with van der Waals surface area (Å²) < 4.78 is 1.70. The van der Waals surface area contributed by atoms with Crippen molar-refractivity contribution in [1.82, 2.24) is 29.6 Å². The first-order valence-corrected chi connectivity index (χ1v) is 8.82. The van der Waals surface area contributed by atoms with Gasteiger partial charge in [-0.15, -0.1) is 0 Å². The Morgan fingerprint density at radius 2 is 2.24 bits per heavy atom. The van der Waals surface area contributed by atoms with Gasteiger partial charge in [0.2, 0.25) is 5.91 Å². The lowest BCUT2D eigenvalue weighted by Crippen LogP contribution is -2.40. The highest BCUT2D eigenvalue weighted by Gasteiger charge is 2.24. The van der Waals surface area contributed by atoms with Crippen LogP contribution < -0.4 is 0 Å². The van der Waals surface area contributed by atoms with E-state index in [4.69, 9.17) is 0 Å². The zero-order valence-electron chi connectivity index (χ0n) is 14.1. The highest BCUT2D eigenvalue weighted by Crippen LogP contribution is 2.22. The SMILES string of the molecule is O=C(CCn1cncn1)N1CCC[C@@H](Cc2nc3ccccc3[nH]2)C1. The number of imidazole rings is 1. The molecule has 2 aromatic heterocycles. The number of carbonyl (C=O) groups excluding carboxylic acids is 1. The highest BCUT2D eigenvalue weighted by molar-refractivity contribution is 5.76. The van der Waals surface area contributed by atoms with Gasteiger partial charge >= 0.3 is 0 Å². The van der Waals surface area contributed by atoms with Crippen LogP contribution in [0.3, 0.4) is 0 Å². The summed E-state index contributed by atoms with van der Waals surface area (Å²) >= 11 is 0. The van der Waals surface area contributed by atoms with Crippen LogP contribution in [-0.2, 0) is 17.8 Å². The fraction of sp³-hybridized carbons (Fsp3) is 0.444. The maximum Gasteiger partial charge on any atom is 0.224 e. The first-order valence-electron chi connectivity index (χ1n) is 8.82. The Morgan fingerprint density at radius 3 is 3.08 bits per heavy atom. The lowest BCUT2D eigenvalue weighted by atomic mass is 9.94. The summed E-state index contributed by atoms with van der Waals surface area (Å²) in [7, 11) is 0. The predicted octanol–water partition coefficient (Wildman–Crippen LogP) is 2.03. The molecule has 25 heavy (non-hydrogen) atoms. The van der Waals surface area contributed by atoms with Gasteiger partial charge in [0.1, 0.15) is 18.5 Å². The molecule has 1 aliphatic rings. The van der Waals surface area contributed by atoms with Gasteiger partial charge in [-0.2, -0.15) is 5.10 Å². The molecule has 1 atom stereocenters. The minimum Gasteiger partial charge on any atom is -0.342 e. The van der Waals surface area contributed by atoms with Gasteiger partial charge in [0.05, 0.1) is 17.6 Å². The number of amides is 1. The van der Waals surface area contributed by atoms with E-state index in [1.807, 2.05) is 29.2 Å². The number of benzene rings is 1. The van der Waals surface area contributed by atoms with E-state index in [-0.39, 0.29) is 5.91 Å². The van der Waals surface area contributed by atoms with Gasteiger partial charge in [-0.3, -0.25) is 9.48 Å². The number of likely N-dealkylation sites (tertiary alicyclic amines) is 1. The number of carbonyl (C=O) groups is 1. The molecular formula is C18H22N6O. The van der Waals surface area contributed by atoms with Crippen molar-refractivity contribution in [2.24, 2.45) is 5.92 Å². The highest BCUT2D eigenvalue weighted by atomic mass is 16.2. The molecule has 0 aliphatic carbocycles. The fourth-order valence-corrected chi connectivity index (χ4v) is 3.55. The first kappa shape index (κ1) is 15.8. The average Bonchev–Trinajstić information content (AvgIpc) is 3.28. The van der Waals surface area contributed by atoms with E-state index in [2.05, 4.69) is 20.1 Å². The molecule has 3 heterocycles. The number of nitrogens with one attached hydrogen (secondary N) is 1. The van der Waals surface area contributed by atoms with Crippen LogP contribution in [0.5, 0.6) is 0 Å². The molecule has 1 aliphatic heterocycles. The molecule has 1 fully saturated rings. The smallest absolute Gasteiger partial charge is 0.224 e. The number of nitrogens with zero attached hydrogens (tertiary/aromatic N) is 5. The number of para-hydroxylation sites is 2. The lowest BCUT2D eigenvalue weighted by Gasteiger charge is -2.32. The van der Waals surface area contributed by atoms with Crippen molar-refractivity contribution in [3.63, 3.8) is 0 Å². The van der Waals surface area contributed by atoms with Gasteiger partial charge in [0.15, 0.2) is 0 Å². The number of rotatable bonds is 5. The van der Waals surface area contributed by atoms with Crippen LogP contribution in [0.2, 0.25) is 0 Å². The van der Waals surface area contributed by atoms with E-state index in [0.29, 0.717) is 18.9 Å². The molecule has 0 spiro atoms. The van der Waals surface area contributed by atoms with E-state index in [0.717, 1.165) is 49.2 Å². The Balaban J connectivity index is 1.34. The molecule has 1 amide bonds. The van der Waals surface area contributed by atoms with Crippen molar-refractivity contribution in [1.29, 1.82) is 0 Å². The zero-order valence-corrected chi connectivity index (χ0v) is 14.1.